The van der Waals surface area contributed by atoms with Crippen LogP contribution >= 0.6 is 0 Å². The molecule has 0 aromatic heterocycles. The van der Waals surface area contributed by atoms with Crippen LogP contribution in [0.1, 0.15) is 52.4 Å². The quantitative estimate of drug-likeness (QED) is 0.739. The third-order valence-electron chi connectivity index (χ3n) is 6.75. The van der Waals surface area contributed by atoms with Gasteiger partial charge in [0.05, 0.1) is 12.0 Å². The molecule has 106 valence electrons. The molecule has 1 heterocycles. The Kier molecular flexibility index (Phi) is 2.27. The molecule has 4 saturated carbocycles. The SMILES string of the molecule is CC1(C)OC(=O)CC1(N)C1C2CC3CC(C2)CC1C3. The minimum atomic E-state index is -0.496. The predicted octanol–water partition coefficient (Wildman–Crippen LogP) is 2.48. The van der Waals surface area contributed by atoms with Crippen molar-refractivity contribution in [3.63, 3.8) is 0 Å². The van der Waals surface area contributed by atoms with E-state index in [9.17, 15) is 4.79 Å². The molecular formula is C16H25NO2. The van der Waals surface area contributed by atoms with E-state index < -0.39 is 11.1 Å². The van der Waals surface area contributed by atoms with E-state index in [1.807, 2.05) is 13.8 Å². The van der Waals surface area contributed by atoms with E-state index in [-0.39, 0.29) is 5.97 Å². The van der Waals surface area contributed by atoms with E-state index >= 15 is 0 Å². The third kappa shape index (κ3) is 1.51. The number of nitrogens with two attached hydrogens (primary N) is 1. The van der Waals surface area contributed by atoms with E-state index in [0.29, 0.717) is 12.3 Å². The first-order valence-corrected chi connectivity index (χ1v) is 7.90. The topological polar surface area (TPSA) is 52.3 Å². The summed E-state index contributed by atoms with van der Waals surface area (Å²) in [5.41, 5.74) is 5.87. The predicted molar refractivity (Wildman–Crippen MR) is 72.2 cm³/mol. The smallest absolute Gasteiger partial charge is 0.308 e. The summed E-state index contributed by atoms with van der Waals surface area (Å²) in [6.07, 6.45) is 7.27. The molecule has 5 aliphatic rings. The highest BCUT2D eigenvalue weighted by Crippen LogP contribution is 2.61. The Balaban J connectivity index is 1.70. The number of ether oxygens (including phenoxy) is 1. The van der Waals surface area contributed by atoms with E-state index in [1.54, 1.807) is 0 Å². The maximum Gasteiger partial charge on any atom is 0.308 e. The van der Waals surface area contributed by atoms with Crippen LogP contribution in [0.2, 0.25) is 0 Å². The molecule has 3 nitrogen and oxygen atoms in total. The van der Waals surface area contributed by atoms with Gasteiger partial charge in [0.15, 0.2) is 0 Å². The van der Waals surface area contributed by atoms with Crippen molar-refractivity contribution in [2.75, 3.05) is 0 Å². The fourth-order valence-corrected chi connectivity index (χ4v) is 6.15. The van der Waals surface area contributed by atoms with Crippen LogP contribution in [0.3, 0.4) is 0 Å². The van der Waals surface area contributed by atoms with Crippen molar-refractivity contribution in [1.29, 1.82) is 0 Å². The van der Waals surface area contributed by atoms with Crippen LogP contribution in [0.4, 0.5) is 0 Å². The van der Waals surface area contributed by atoms with Gasteiger partial charge in [0, 0.05) is 0 Å². The van der Waals surface area contributed by atoms with Crippen LogP contribution in [0.25, 0.3) is 0 Å². The number of carbonyl (C=O) groups excluding carboxylic acids is 1. The Bertz CT molecular complexity index is 402. The zero-order valence-electron chi connectivity index (χ0n) is 12.0. The normalized spacial score (nSPS) is 54.5. The van der Waals surface area contributed by atoms with Crippen molar-refractivity contribution in [3.05, 3.63) is 0 Å². The minimum Gasteiger partial charge on any atom is -0.458 e. The Labute approximate surface area is 115 Å². The molecular weight excluding hydrogens is 238 g/mol. The van der Waals surface area contributed by atoms with Crippen LogP contribution < -0.4 is 5.73 Å². The van der Waals surface area contributed by atoms with Crippen molar-refractivity contribution >= 4 is 5.97 Å². The lowest BCUT2D eigenvalue weighted by Gasteiger charge is -2.60. The first-order chi connectivity index (χ1) is 8.89. The maximum atomic E-state index is 11.8. The molecule has 1 aliphatic heterocycles. The fourth-order valence-electron chi connectivity index (χ4n) is 6.15. The van der Waals surface area contributed by atoms with E-state index in [1.165, 1.54) is 32.1 Å². The molecule has 2 N–H and O–H groups in total. The third-order valence-corrected chi connectivity index (χ3v) is 6.75. The summed E-state index contributed by atoms with van der Waals surface area (Å²) in [5, 5.41) is 0. The summed E-state index contributed by atoms with van der Waals surface area (Å²) in [7, 11) is 0. The highest BCUT2D eigenvalue weighted by molar-refractivity contribution is 5.75. The summed E-state index contributed by atoms with van der Waals surface area (Å²) in [6, 6.07) is 0. The summed E-state index contributed by atoms with van der Waals surface area (Å²) in [4.78, 5) is 11.8. The molecule has 1 unspecified atom stereocenters. The highest BCUT2D eigenvalue weighted by atomic mass is 16.6. The number of esters is 1. The largest absolute Gasteiger partial charge is 0.458 e. The molecule has 5 rings (SSSR count). The number of hydrogen-bond acceptors (Lipinski definition) is 3. The molecule has 0 spiro atoms. The van der Waals surface area contributed by atoms with Gasteiger partial charge in [-0.05, 0) is 75.5 Å². The number of cyclic esters (lactones) is 1. The van der Waals surface area contributed by atoms with E-state index in [0.717, 1.165) is 23.7 Å². The van der Waals surface area contributed by atoms with Crippen LogP contribution in [-0.4, -0.2) is 17.1 Å². The van der Waals surface area contributed by atoms with Gasteiger partial charge in [-0.25, -0.2) is 0 Å². The van der Waals surface area contributed by atoms with Crippen molar-refractivity contribution in [2.45, 2.75) is 63.5 Å². The lowest BCUT2D eigenvalue weighted by molar-refractivity contribution is -0.150. The summed E-state index contributed by atoms with van der Waals surface area (Å²) < 4.78 is 5.56. The highest BCUT2D eigenvalue weighted by Gasteiger charge is 2.63. The summed E-state index contributed by atoms with van der Waals surface area (Å²) >= 11 is 0. The molecule has 1 atom stereocenters. The van der Waals surface area contributed by atoms with Gasteiger partial charge in [-0.3, -0.25) is 4.79 Å². The first-order valence-electron chi connectivity index (χ1n) is 7.90. The lowest BCUT2D eigenvalue weighted by atomic mass is 9.46. The van der Waals surface area contributed by atoms with Crippen LogP contribution in [-0.2, 0) is 9.53 Å². The molecule has 1 saturated heterocycles. The monoisotopic (exact) mass is 263 g/mol. The van der Waals surface area contributed by atoms with Crippen molar-refractivity contribution < 1.29 is 9.53 Å². The van der Waals surface area contributed by atoms with Gasteiger partial charge in [0.2, 0.25) is 0 Å². The molecule has 4 bridgehead atoms. The first kappa shape index (κ1) is 12.2. The average molecular weight is 263 g/mol. The minimum absolute atomic E-state index is 0.0960. The van der Waals surface area contributed by atoms with Crippen molar-refractivity contribution in [2.24, 2.45) is 35.3 Å². The number of hydrogen-bond donors (Lipinski definition) is 1. The summed E-state index contributed by atoms with van der Waals surface area (Å²) in [6.45, 7) is 4.03. The number of carbonyl (C=O) groups is 1. The fraction of sp³-hybridized carbons (Fsp3) is 0.938. The van der Waals surface area contributed by atoms with Crippen LogP contribution in [0.5, 0.6) is 0 Å². The van der Waals surface area contributed by atoms with Gasteiger partial charge in [-0.2, -0.15) is 0 Å². The van der Waals surface area contributed by atoms with E-state index in [2.05, 4.69) is 0 Å². The van der Waals surface area contributed by atoms with E-state index in [4.69, 9.17) is 10.5 Å². The zero-order chi connectivity index (χ0) is 13.4. The molecule has 0 aromatic carbocycles. The molecule has 19 heavy (non-hydrogen) atoms. The molecule has 5 fully saturated rings. The van der Waals surface area contributed by atoms with Gasteiger partial charge >= 0.3 is 5.97 Å². The number of rotatable bonds is 1. The maximum absolute atomic E-state index is 11.8. The van der Waals surface area contributed by atoms with Gasteiger partial charge in [0.1, 0.15) is 5.60 Å². The molecule has 0 amide bonds. The van der Waals surface area contributed by atoms with Gasteiger partial charge in [0.25, 0.3) is 0 Å². The van der Waals surface area contributed by atoms with Gasteiger partial charge in [-0.15, -0.1) is 0 Å². The Morgan fingerprint density at radius 2 is 1.58 bits per heavy atom. The molecule has 4 aliphatic carbocycles. The molecule has 0 aromatic rings. The van der Waals surface area contributed by atoms with Crippen molar-refractivity contribution in [3.8, 4) is 0 Å². The average Bonchev–Trinajstić information content (AvgIpc) is 2.45. The zero-order valence-corrected chi connectivity index (χ0v) is 12.0. The summed E-state index contributed by atoms with van der Waals surface area (Å²) in [5.74, 6) is 3.79. The van der Waals surface area contributed by atoms with Gasteiger partial charge < -0.3 is 10.5 Å². The second-order valence-electron chi connectivity index (χ2n) is 8.16. The lowest BCUT2D eigenvalue weighted by Crippen LogP contribution is -2.66. The van der Waals surface area contributed by atoms with Gasteiger partial charge in [-0.1, -0.05) is 0 Å². The van der Waals surface area contributed by atoms with Crippen molar-refractivity contribution in [1.82, 2.24) is 0 Å². The second kappa shape index (κ2) is 3.55. The Hall–Kier alpha value is -0.570. The Morgan fingerprint density at radius 3 is 2.00 bits per heavy atom. The van der Waals surface area contributed by atoms with Crippen LogP contribution in [0, 0.1) is 29.6 Å². The second-order valence-corrected chi connectivity index (χ2v) is 8.16. The standard InChI is InChI=1S/C16H25NO2/c1-15(2)16(17,8-13(18)19-15)14-11-4-9-3-10(6-11)7-12(14)5-9/h9-12,14H,3-8,17H2,1-2H3. The Morgan fingerprint density at radius 1 is 1.05 bits per heavy atom. The van der Waals surface area contributed by atoms with Crippen LogP contribution in [0.15, 0.2) is 0 Å². The molecule has 3 heteroatoms. The molecule has 0 radical (unpaired) electrons.